The number of hydrazone groups is 1. The minimum Gasteiger partial charge on any atom is -0.450 e. The molecule has 1 amide bonds. The maximum atomic E-state index is 12.0. The van der Waals surface area contributed by atoms with E-state index >= 15 is 0 Å². The average Bonchev–Trinajstić information content (AvgIpc) is 2.74. The first-order chi connectivity index (χ1) is 14.8. The second-order valence-corrected chi connectivity index (χ2v) is 6.23. The van der Waals surface area contributed by atoms with Gasteiger partial charge in [-0.1, -0.05) is 12.1 Å². The van der Waals surface area contributed by atoms with E-state index in [0.717, 1.165) is 23.9 Å². The molecular formula is C20H15N5O6. The minimum atomic E-state index is -0.761. The molecule has 0 aliphatic carbocycles. The van der Waals surface area contributed by atoms with Gasteiger partial charge in [-0.05, 0) is 42.8 Å². The normalized spacial score (nSPS) is 10.6. The number of nitro groups is 2. The molecule has 0 aliphatic rings. The lowest BCUT2D eigenvalue weighted by Crippen LogP contribution is -2.17. The van der Waals surface area contributed by atoms with Crippen molar-refractivity contribution in [3.05, 3.63) is 97.8 Å². The lowest BCUT2D eigenvalue weighted by atomic mass is 10.2. The molecule has 0 spiro atoms. The van der Waals surface area contributed by atoms with E-state index in [1.165, 1.54) is 18.5 Å². The van der Waals surface area contributed by atoms with Gasteiger partial charge in [0, 0.05) is 18.0 Å². The lowest BCUT2D eigenvalue weighted by molar-refractivity contribution is -0.394. The van der Waals surface area contributed by atoms with Crippen LogP contribution in [-0.2, 0) is 0 Å². The topological polar surface area (TPSA) is 150 Å². The first-order valence-corrected chi connectivity index (χ1v) is 8.80. The van der Waals surface area contributed by atoms with Gasteiger partial charge in [-0.15, -0.1) is 0 Å². The summed E-state index contributed by atoms with van der Waals surface area (Å²) in [7, 11) is 0. The molecule has 31 heavy (non-hydrogen) atoms. The Morgan fingerprint density at radius 3 is 2.58 bits per heavy atom. The Labute approximate surface area is 175 Å². The molecule has 0 fully saturated rings. The molecule has 0 bridgehead atoms. The third-order valence-corrected chi connectivity index (χ3v) is 3.99. The monoisotopic (exact) mass is 421 g/mol. The fourth-order valence-electron chi connectivity index (χ4n) is 2.47. The summed E-state index contributed by atoms with van der Waals surface area (Å²) < 4.78 is 5.53. The predicted molar refractivity (Wildman–Crippen MR) is 110 cm³/mol. The van der Waals surface area contributed by atoms with Crippen LogP contribution in [0.1, 0.15) is 21.6 Å². The molecular weight excluding hydrogens is 406 g/mol. The third kappa shape index (κ3) is 5.44. The van der Waals surface area contributed by atoms with Gasteiger partial charge < -0.3 is 4.74 Å². The standard InChI is InChI=1S/C20H15N5O6/c1-13-5-6-15(12-21-13)20(26)23-22-11-14-3-2-4-17(9-14)31-19-8-7-16(24(27)28)10-18(19)25(29)30/h2-12H,1H3,(H,23,26)/b22-11-. The zero-order valence-electron chi connectivity index (χ0n) is 16.1. The average molecular weight is 421 g/mol. The van der Waals surface area contributed by atoms with Gasteiger partial charge in [-0.3, -0.25) is 30.0 Å². The van der Waals surface area contributed by atoms with Crippen LogP contribution in [-0.4, -0.2) is 27.0 Å². The molecule has 0 saturated heterocycles. The van der Waals surface area contributed by atoms with Gasteiger partial charge in [0.05, 0.1) is 27.7 Å². The summed E-state index contributed by atoms with van der Waals surface area (Å²) in [6.45, 7) is 1.81. The second kappa shape index (κ2) is 9.22. The van der Waals surface area contributed by atoms with E-state index < -0.39 is 27.1 Å². The number of aromatic nitrogens is 1. The number of non-ortho nitro benzene ring substituents is 1. The Morgan fingerprint density at radius 2 is 1.90 bits per heavy atom. The molecule has 1 heterocycles. The number of pyridine rings is 1. The highest BCUT2D eigenvalue weighted by Crippen LogP contribution is 2.34. The van der Waals surface area contributed by atoms with Crippen LogP contribution in [0.3, 0.4) is 0 Å². The van der Waals surface area contributed by atoms with Crippen molar-refractivity contribution in [1.29, 1.82) is 0 Å². The number of hydrogen-bond acceptors (Lipinski definition) is 8. The fraction of sp³-hybridized carbons (Fsp3) is 0.0500. The molecule has 0 aliphatic heterocycles. The Kier molecular flexibility index (Phi) is 6.26. The molecule has 1 aromatic heterocycles. The van der Waals surface area contributed by atoms with Crippen LogP contribution < -0.4 is 10.2 Å². The van der Waals surface area contributed by atoms with Crippen LogP contribution in [0.25, 0.3) is 0 Å². The summed E-state index contributed by atoms with van der Waals surface area (Å²) in [5.41, 5.74) is 3.10. The van der Waals surface area contributed by atoms with Crippen LogP contribution in [0.15, 0.2) is 65.9 Å². The van der Waals surface area contributed by atoms with Gasteiger partial charge in [-0.2, -0.15) is 5.10 Å². The largest absolute Gasteiger partial charge is 0.450 e. The number of carbonyl (C=O) groups is 1. The number of rotatable bonds is 7. The van der Waals surface area contributed by atoms with Crippen LogP contribution in [0, 0.1) is 27.2 Å². The zero-order chi connectivity index (χ0) is 22.4. The van der Waals surface area contributed by atoms with Gasteiger partial charge >= 0.3 is 5.69 Å². The van der Waals surface area contributed by atoms with Gasteiger partial charge in [0.2, 0.25) is 5.75 Å². The number of aryl methyl sites for hydroxylation is 1. The molecule has 11 nitrogen and oxygen atoms in total. The second-order valence-electron chi connectivity index (χ2n) is 6.23. The molecule has 0 unspecified atom stereocenters. The molecule has 3 aromatic rings. The predicted octanol–water partition coefficient (Wildman–Crippen LogP) is 3.76. The number of benzene rings is 2. The van der Waals surface area contributed by atoms with E-state index in [2.05, 4.69) is 15.5 Å². The van der Waals surface area contributed by atoms with E-state index in [-0.39, 0.29) is 11.5 Å². The SMILES string of the molecule is Cc1ccc(C(=O)N/N=C\c2cccc(Oc3ccc([N+](=O)[O-])cc3[N+](=O)[O-])c2)cn1. The van der Waals surface area contributed by atoms with Crippen LogP contribution in [0.2, 0.25) is 0 Å². The lowest BCUT2D eigenvalue weighted by Gasteiger charge is -2.07. The van der Waals surface area contributed by atoms with E-state index in [9.17, 15) is 25.0 Å². The van der Waals surface area contributed by atoms with Gasteiger partial charge in [0.15, 0.2) is 0 Å². The highest BCUT2D eigenvalue weighted by molar-refractivity contribution is 5.94. The van der Waals surface area contributed by atoms with Crippen molar-refractivity contribution in [2.24, 2.45) is 5.10 Å². The van der Waals surface area contributed by atoms with Gasteiger partial charge in [-0.25, -0.2) is 5.43 Å². The number of amides is 1. The van der Waals surface area contributed by atoms with Crippen molar-refractivity contribution >= 4 is 23.5 Å². The number of carbonyl (C=O) groups excluding carboxylic acids is 1. The van der Waals surface area contributed by atoms with Gasteiger partial charge in [0.25, 0.3) is 11.6 Å². The number of nitro benzene ring substituents is 2. The van der Waals surface area contributed by atoms with E-state index in [4.69, 9.17) is 4.74 Å². The zero-order valence-corrected chi connectivity index (χ0v) is 16.1. The van der Waals surface area contributed by atoms with Crippen LogP contribution in [0.4, 0.5) is 11.4 Å². The minimum absolute atomic E-state index is 0.148. The maximum absolute atomic E-state index is 12.0. The molecule has 0 atom stereocenters. The van der Waals surface area contributed by atoms with Crippen LogP contribution in [0.5, 0.6) is 11.5 Å². The Balaban J connectivity index is 1.72. The summed E-state index contributed by atoms with van der Waals surface area (Å²) in [5.74, 6) is -0.336. The van der Waals surface area contributed by atoms with Crippen molar-refractivity contribution in [2.45, 2.75) is 6.92 Å². The maximum Gasteiger partial charge on any atom is 0.318 e. The first-order valence-electron chi connectivity index (χ1n) is 8.80. The highest BCUT2D eigenvalue weighted by Gasteiger charge is 2.21. The molecule has 156 valence electrons. The molecule has 1 N–H and O–H groups in total. The van der Waals surface area contributed by atoms with Crippen molar-refractivity contribution in [1.82, 2.24) is 10.4 Å². The number of nitrogens with one attached hydrogen (secondary N) is 1. The summed E-state index contributed by atoms with van der Waals surface area (Å²) in [5, 5.41) is 25.9. The molecule has 0 saturated carbocycles. The van der Waals surface area contributed by atoms with Crippen molar-refractivity contribution in [3.8, 4) is 11.5 Å². The molecule has 0 radical (unpaired) electrons. The first kappa shape index (κ1) is 21.0. The third-order valence-electron chi connectivity index (χ3n) is 3.99. The summed E-state index contributed by atoms with van der Waals surface area (Å²) in [4.78, 5) is 36.6. The van der Waals surface area contributed by atoms with Crippen molar-refractivity contribution < 1.29 is 19.4 Å². The molecule has 3 rings (SSSR count). The summed E-state index contributed by atoms with van der Waals surface area (Å²) in [6, 6.07) is 12.8. The molecule has 2 aromatic carbocycles. The quantitative estimate of drug-likeness (QED) is 0.346. The Bertz CT molecular complexity index is 1180. The fourth-order valence-corrected chi connectivity index (χ4v) is 2.47. The van der Waals surface area contributed by atoms with E-state index in [1.54, 1.807) is 37.3 Å². The smallest absolute Gasteiger partial charge is 0.318 e. The Hall–Kier alpha value is -4.67. The Morgan fingerprint density at radius 1 is 1.10 bits per heavy atom. The van der Waals surface area contributed by atoms with Gasteiger partial charge in [0.1, 0.15) is 5.75 Å². The molecule has 11 heteroatoms. The highest BCUT2D eigenvalue weighted by atomic mass is 16.6. The van der Waals surface area contributed by atoms with E-state index in [0.29, 0.717) is 11.1 Å². The summed E-state index contributed by atoms with van der Waals surface area (Å²) >= 11 is 0. The number of hydrogen-bond donors (Lipinski definition) is 1. The van der Waals surface area contributed by atoms with Crippen molar-refractivity contribution in [3.63, 3.8) is 0 Å². The van der Waals surface area contributed by atoms with E-state index in [1.807, 2.05) is 0 Å². The number of ether oxygens (including phenoxy) is 1. The van der Waals surface area contributed by atoms with Crippen LogP contribution >= 0.6 is 0 Å². The van der Waals surface area contributed by atoms with Crippen molar-refractivity contribution in [2.75, 3.05) is 0 Å². The number of nitrogens with zero attached hydrogens (tertiary/aromatic N) is 4. The summed E-state index contributed by atoms with van der Waals surface area (Å²) in [6.07, 6.45) is 2.81.